The van der Waals surface area contributed by atoms with Crippen molar-refractivity contribution in [1.82, 2.24) is 4.98 Å². The summed E-state index contributed by atoms with van der Waals surface area (Å²) in [5, 5.41) is 2.26. The van der Waals surface area contributed by atoms with Gasteiger partial charge < -0.3 is 9.64 Å². The average molecular weight is 425 g/mol. The summed E-state index contributed by atoms with van der Waals surface area (Å²) in [6.45, 7) is 5.26. The molecule has 0 unspecified atom stereocenters. The molecule has 0 spiro atoms. The predicted molar refractivity (Wildman–Crippen MR) is 122 cm³/mol. The molecule has 4 nitrogen and oxygen atoms in total. The lowest BCUT2D eigenvalue weighted by Crippen LogP contribution is -2.31. The van der Waals surface area contributed by atoms with Crippen molar-refractivity contribution in [3.8, 4) is 5.75 Å². The third kappa shape index (κ3) is 3.80. The van der Waals surface area contributed by atoms with Gasteiger partial charge in [-0.05, 0) is 49.7 Å². The minimum atomic E-state index is -0.0302. The minimum absolute atomic E-state index is 0.0302. The van der Waals surface area contributed by atoms with Crippen molar-refractivity contribution >= 4 is 55.5 Å². The number of carbonyl (C=O) groups excluding carboxylic acids is 1. The standard InChI is InChI=1S/C23H21ClN2O2S/c1-3-13-26(15-9-11-16(12-10-15)28-4-2)23(27)20-14-18-21(29-20)17-7-5-6-8-19(17)25-22(18)24/h5-12,14H,3-4,13H2,1-2H3. The molecule has 2 aromatic carbocycles. The number of amides is 1. The monoisotopic (exact) mass is 424 g/mol. The van der Waals surface area contributed by atoms with Crippen molar-refractivity contribution in [3.63, 3.8) is 0 Å². The van der Waals surface area contributed by atoms with E-state index in [4.69, 9.17) is 16.3 Å². The number of aromatic nitrogens is 1. The number of anilines is 1. The third-order valence-corrected chi connectivity index (χ3v) is 6.13. The summed E-state index contributed by atoms with van der Waals surface area (Å²) in [6.07, 6.45) is 0.856. The van der Waals surface area contributed by atoms with E-state index in [0.717, 1.165) is 38.8 Å². The van der Waals surface area contributed by atoms with Crippen LogP contribution < -0.4 is 9.64 Å². The Bertz CT molecular complexity index is 1170. The molecule has 29 heavy (non-hydrogen) atoms. The normalized spacial score (nSPS) is 11.1. The molecule has 0 aliphatic heterocycles. The van der Waals surface area contributed by atoms with E-state index in [1.54, 1.807) is 0 Å². The second kappa shape index (κ2) is 8.39. The number of rotatable bonds is 6. The molecular weight excluding hydrogens is 404 g/mol. The molecule has 0 atom stereocenters. The van der Waals surface area contributed by atoms with Crippen LogP contribution in [0.5, 0.6) is 5.75 Å². The molecule has 4 aromatic rings. The molecule has 0 aliphatic rings. The van der Waals surface area contributed by atoms with Crippen LogP contribution in [0.2, 0.25) is 5.15 Å². The number of fused-ring (bicyclic) bond motifs is 3. The molecule has 2 heterocycles. The molecular formula is C23H21ClN2O2S. The second-order valence-electron chi connectivity index (χ2n) is 6.66. The van der Waals surface area contributed by atoms with Gasteiger partial charge in [0.25, 0.3) is 5.91 Å². The quantitative estimate of drug-likeness (QED) is 0.329. The molecule has 0 saturated heterocycles. The highest BCUT2D eigenvalue weighted by Crippen LogP contribution is 2.36. The maximum absolute atomic E-state index is 13.4. The zero-order valence-corrected chi connectivity index (χ0v) is 17.9. The summed E-state index contributed by atoms with van der Waals surface area (Å²) in [4.78, 5) is 20.3. The Morgan fingerprint density at radius 2 is 1.86 bits per heavy atom. The molecule has 1 amide bonds. The first-order valence-corrected chi connectivity index (χ1v) is 10.8. The van der Waals surface area contributed by atoms with E-state index in [1.807, 2.05) is 66.4 Å². The summed E-state index contributed by atoms with van der Waals surface area (Å²) in [5.41, 5.74) is 1.69. The van der Waals surface area contributed by atoms with Crippen molar-refractivity contribution in [1.29, 1.82) is 0 Å². The second-order valence-corrected chi connectivity index (χ2v) is 8.07. The lowest BCUT2D eigenvalue weighted by molar-refractivity contribution is 0.0991. The van der Waals surface area contributed by atoms with Crippen LogP contribution in [0, 0.1) is 0 Å². The van der Waals surface area contributed by atoms with Gasteiger partial charge in [-0.3, -0.25) is 4.79 Å². The predicted octanol–water partition coefficient (Wildman–Crippen LogP) is 6.56. The summed E-state index contributed by atoms with van der Waals surface area (Å²) in [5.74, 6) is 0.767. The minimum Gasteiger partial charge on any atom is -0.494 e. The van der Waals surface area contributed by atoms with Crippen LogP contribution in [0.25, 0.3) is 21.0 Å². The van der Waals surface area contributed by atoms with E-state index >= 15 is 0 Å². The fourth-order valence-electron chi connectivity index (χ4n) is 3.37. The summed E-state index contributed by atoms with van der Waals surface area (Å²) in [6, 6.07) is 17.4. The highest BCUT2D eigenvalue weighted by atomic mass is 35.5. The molecule has 0 N–H and O–H groups in total. The number of hydrogen-bond donors (Lipinski definition) is 0. The van der Waals surface area contributed by atoms with Crippen molar-refractivity contribution in [3.05, 3.63) is 64.6 Å². The number of pyridine rings is 1. The third-order valence-electron chi connectivity index (χ3n) is 4.68. The maximum atomic E-state index is 13.4. The first-order valence-electron chi connectivity index (χ1n) is 9.65. The summed E-state index contributed by atoms with van der Waals surface area (Å²) >= 11 is 7.88. The van der Waals surface area contributed by atoms with Gasteiger partial charge in [0.15, 0.2) is 0 Å². The van der Waals surface area contributed by atoms with Gasteiger partial charge >= 0.3 is 0 Å². The van der Waals surface area contributed by atoms with E-state index in [2.05, 4.69) is 11.9 Å². The highest BCUT2D eigenvalue weighted by Gasteiger charge is 2.21. The van der Waals surface area contributed by atoms with Crippen LogP contribution in [-0.4, -0.2) is 24.0 Å². The zero-order valence-electron chi connectivity index (χ0n) is 16.3. The van der Waals surface area contributed by atoms with Crippen molar-refractivity contribution in [2.24, 2.45) is 0 Å². The van der Waals surface area contributed by atoms with Gasteiger partial charge in [0.2, 0.25) is 0 Å². The number of hydrogen-bond acceptors (Lipinski definition) is 4. The number of halogens is 1. The van der Waals surface area contributed by atoms with E-state index in [9.17, 15) is 4.79 Å². The zero-order chi connectivity index (χ0) is 20.4. The van der Waals surface area contributed by atoms with Crippen molar-refractivity contribution in [2.45, 2.75) is 20.3 Å². The fourth-order valence-corrected chi connectivity index (χ4v) is 4.81. The highest BCUT2D eigenvalue weighted by molar-refractivity contribution is 7.22. The van der Waals surface area contributed by atoms with E-state index in [1.165, 1.54) is 11.3 Å². The van der Waals surface area contributed by atoms with Gasteiger partial charge in [-0.15, -0.1) is 11.3 Å². The Morgan fingerprint density at radius 1 is 1.10 bits per heavy atom. The molecule has 0 aliphatic carbocycles. The number of thiophene rings is 1. The lowest BCUT2D eigenvalue weighted by Gasteiger charge is -2.22. The molecule has 6 heteroatoms. The molecule has 2 aromatic heterocycles. The molecule has 0 radical (unpaired) electrons. The topological polar surface area (TPSA) is 42.4 Å². The molecule has 148 valence electrons. The molecule has 4 rings (SSSR count). The van der Waals surface area contributed by atoms with Crippen LogP contribution in [0.4, 0.5) is 5.69 Å². The van der Waals surface area contributed by atoms with Crippen LogP contribution in [-0.2, 0) is 0 Å². The maximum Gasteiger partial charge on any atom is 0.268 e. The van der Waals surface area contributed by atoms with Gasteiger partial charge in [-0.25, -0.2) is 4.98 Å². The van der Waals surface area contributed by atoms with E-state index in [0.29, 0.717) is 23.2 Å². The number of carbonyl (C=O) groups is 1. The molecule has 0 fully saturated rings. The lowest BCUT2D eigenvalue weighted by atomic mass is 10.2. The van der Waals surface area contributed by atoms with Gasteiger partial charge in [-0.1, -0.05) is 36.7 Å². The first-order chi connectivity index (χ1) is 14.1. The Kier molecular flexibility index (Phi) is 5.69. The Balaban J connectivity index is 1.75. The summed E-state index contributed by atoms with van der Waals surface area (Å²) < 4.78 is 6.51. The Hall–Kier alpha value is -2.63. The van der Waals surface area contributed by atoms with Crippen LogP contribution in [0.3, 0.4) is 0 Å². The van der Waals surface area contributed by atoms with Gasteiger partial charge in [0, 0.05) is 27.7 Å². The number of para-hydroxylation sites is 1. The number of benzene rings is 2. The van der Waals surface area contributed by atoms with Crippen LogP contribution >= 0.6 is 22.9 Å². The van der Waals surface area contributed by atoms with Crippen molar-refractivity contribution < 1.29 is 9.53 Å². The first kappa shape index (κ1) is 19.7. The fraction of sp³-hybridized carbons (Fsp3) is 0.217. The van der Waals surface area contributed by atoms with Crippen LogP contribution in [0.15, 0.2) is 54.6 Å². The molecule has 0 saturated carbocycles. The molecule has 0 bridgehead atoms. The SMILES string of the molecule is CCCN(C(=O)c1cc2c(Cl)nc3ccccc3c2s1)c1ccc(OCC)cc1. The number of ether oxygens (including phenoxy) is 1. The smallest absolute Gasteiger partial charge is 0.268 e. The number of nitrogens with zero attached hydrogens (tertiary/aromatic N) is 2. The van der Waals surface area contributed by atoms with E-state index < -0.39 is 0 Å². The van der Waals surface area contributed by atoms with Crippen molar-refractivity contribution in [2.75, 3.05) is 18.1 Å². The van der Waals surface area contributed by atoms with Gasteiger partial charge in [0.05, 0.1) is 17.0 Å². The van der Waals surface area contributed by atoms with Crippen LogP contribution in [0.1, 0.15) is 29.9 Å². The Morgan fingerprint density at radius 3 is 2.59 bits per heavy atom. The average Bonchev–Trinajstić information content (AvgIpc) is 3.19. The largest absolute Gasteiger partial charge is 0.494 e. The van der Waals surface area contributed by atoms with Gasteiger partial charge in [0.1, 0.15) is 10.9 Å². The van der Waals surface area contributed by atoms with E-state index in [-0.39, 0.29) is 5.91 Å². The Labute approximate surface area is 178 Å². The van der Waals surface area contributed by atoms with Gasteiger partial charge in [-0.2, -0.15) is 0 Å². The summed E-state index contributed by atoms with van der Waals surface area (Å²) in [7, 11) is 0.